The molecule has 0 spiro atoms. The third kappa shape index (κ3) is 4.14. The fraction of sp³-hybridized carbons (Fsp3) is 0.600. The minimum absolute atomic E-state index is 0.0688. The Labute approximate surface area is 152 Å². The van der Waals surface area contributed by atoms with E-state index in [2.05, 4.69) is 54.4 Å². The molecule has 0 saturated carbocycles. The van der Waals surface area contributed by atoms with E-state index >= 15 is 0 Å². The molecule has 1 aliphatic rings. The molecule has 1 heterocycles. The molecule has 1 rings (SSSR count). The molecule has 25 heavy (non-hydrogen) atoms. The highest BCUT2D eigenvalue weighted by atomic mass is 16.2. The van der Waals surface area contributed by atoms with Crippen LogP contribution >= 0.6 is 0 Å². The summed E-state index contributed by atoms with van der Waals surface area (Å²) in [6.45, 7) is 22.6. The zero-order valence-corrected chi connectivity index (χ0v) is 16.5. The number of urea groups is 2. The van der Waals surface area contributed by atoms with E-state index in [1.165, 1.54) is 9.80 Å². The van der Waals surface area contributed by atoms with Gasteiger partial charge in [0.05, 0.1) is 6.54 Å². The monoisotopic (exact) mass is 347 g/mol. The van der Waals surface area contributed by atoms with Crippen LogP contribution in [-0.2, 0) is 0 Å². The van der Waals surface area contributed by atoms with Crippen molar-refractivity contribution in [3.8, 4) is 0 Å². The van der Waals surface area contributed by atoms with E-state index in [4.69, 9.17) is 0 Å². The molecule has 0 aromatic rings. The Kier molecular flexibility index (Phi) is 6.63. The maximum atomic E-state index is 13.1. The molecule has 1 unspecified atom stereocenters. The number of hydrogen-bond acceptors (Lipinski definition) is 2. The Morgan fingerprint density at radius 3 is 1.88 bits per heavy atom. The molecular weight excluding hydrogens is 314 g/mol. The second kappa shape index (κ2) is 7.89. The Hall–Kier alpha value is -2.04. The smallest absolute Gasteiger partial charge is 0.276 e. The average Bonchev–Trinajstić information content (AvgIpc) is 2.55. The van der Waals surface area contributed by atoms with E-state index in [0.29, 0.717) is 12.4 Å². The number of hydrogen-bond donors (Lipinski definition) is 0. The first-order valence-corrected chi connectivity index (χ1v) is 8.92. The highest BCUT2D eigenvalue weighted by molar-refractivity contribution is 5.98. The minimum Gasteiger partial charge on any atom is -0.276 e. The van der Waals surface area contributed by atoms with Crippen LogP contribution in [0.2, 0.25) is 0 Å². The first-order valence-electron chi connectivity index (χ1n) is 8.92. The summed E-state index contributed by atoms with van der Waals surface area (Å²) in [5.74, 6) is 0.423. The third-order valence-electron chi connectivity index (χ3n) is 5.20. The van der Waals surface area contributed by atoms with Crippen molar-refractivity contribution in [2.45, 2.75) is 59.4 Å². The summed E-state index contributed by atoms with van der Waals surface area (Å²) < 4.78 is 0. The van der Waals surface area contributed by atoms with Crippen LogP contribution in [0, 0.1) is 5.41 Å². The number of nitrogens with zero attached hydrogens (tertiary/aromatic N) is 3. The van der Waals surface area contributed by atoms with Crippen LogP contribution in [0.25, 0.3) is 0 Å². The van der Waals surface area contributed by atoms with E-state index < -0.39 is 5.54 Å². The van der Waals surface area contributed by atoms with E-state index in [1.54, 1.807) is 17.1 Å². The van der Waals surface area contributed by atoms with Gasteiger partial charge in [0.2, 0.25) is 0 Å². The number of rotatable bonds is 9. The fourth-order valence-electron chi connectivity index (χ4n) is 3.35. The molecule has 0 aromatic heterocycles. The van der Waals surface area contributed by atoms with Gasteiger partial charge in [0, 0.05) is 12.1 Å². The van der Waals surface area contributed by atoms with E-state index in [9.17, 15) is 9.59 Å². The predicted octanol–water partition coefficient (Wildman–Crippen LogP) is 4.98. The van der Waals surface area contributed by atoms with Crippen molar-refractivity contribution in [1.29, 1.82) is 0 Å². The molecule has 0 aromatic carbocycles. The molecular formula is C20H33N3O2. The summed E-state index contributed by atoms with van der Waals surface area (Å²) in [6, 6.07) is -0.703. The zero-order valence-electron chi connectivity index (χ0n) is 16.5. The minimum atomic E-state index is -0.437. The first kappa shape index (κ1) is 21.0. The van der Waals surface area contributed by atoms with Gasteiger partial charge in [-0.15, -0.1) is 13.2 Å². The molecule has 140 valence electrons. The van der Waals surface area contributed by atoms with E-state index in [1.807, 2.05) is 0 Å². The van der Waals surface area contributed by atoms with Gasteiger partial charge in [-0.2, -0.15) is 0 Å². The molecule has 0 radical (unpaired) electrons. The average molecular weight is 348 g/mol. The molecule has 1 fully saturated rings. The normalized spacial score (nSPS) is 18.4. The summed E-state index contributed by atoms with van der Waals surface area (Å²) in [6.07, 6.45) is 5.79. The Bertz CT molecular complexity index is 535. The van der Waals surface area contributed by atoms with Crippen LogP contribution in [0.1, 0.15) is 53.9 Å². The Morgan fingerprint density at radius 2 is 1.44 bits per heavy atom. The highest BCUT2D eigenvalue weighted by Gasteiger charge is 2.48. The van der Waals surface area contributed by atoms with Crippen molar-refractivity contribution in [3.63, 3.8) is 0 Å². The molecule has 1 saturated heterocycles. The van der Waals surface area contributed by atoms with Crippen molar-refractivity contribution in [3.05, 3.63) is 37.7 Å². The number of amides is 4. The molecule has 1 aliphatic heterocycles. The summed E-state index contributed by atoms with van der Waals surface area (Å²) in [5.41, 5.74) is -0.369. The first-order chi connectivity index (χ1) is 11.6. The molecule has 1 atom stereocenters. The van der Waals surface area contributed by atoms with Crippen LogP contribution in [-0.4, -0.2) is 45.4 Å². The largest absolute Gasteiger partial charge is 0.334 e. The lowest BCUT2D eigenvalue weighted by atomic mass is 9.75. The van der Waals surface area contributed by atoms with Gasteiger partial charge in [-0.05, 0) is 25.2 Å². The second-order valence-corrected chi connectivity index (χ2v) is 7.66. The van der Waals surface area contributed by atoms with Crippen molar-refractivity contribution < 1.29 is 9.59 Å². The van der Waals surface area contributed by atoms with Gasteiger partial charge < -0.3 is 0 Å². The highest BCUT2D eigenvalue weighted by Crippen LogP contribution is 2.40. The van der Waals surface area contributed by atoms with Gasteiger partial charge in [-0.25, -0.2) is 14.5 Å². The maximum Gasteiger partial charge on any atom is 0.334 e. The van der Waals surface area contributed by atoms with Crippen LogP contribution in [0.15, 0.2) is 37.7 Å². The van der Waals surface area contributed by atoms with Crippen molar-refractivity contribution >= 4 is 12.1 Å². The molecule has 0 bridgehead atoms. The molecule has 0 aliphatic carbocycles. The third-order valence-corrected chi connectivity index (χ3v) is 5.20. The Morgan fingerprint density at radius 1 is 0.920 bits per heavy atom. The van der Waals surface area contributed by atoms with Crippen LogP contribution in [0.5, 0.6) is 0 Å². The molecule has 0 N–H and O–H groups in total. The van der Waals surface area contributed by atoms with Gasteiger partial charge in [0.15, 0.2) is 0 Å². The Balaban J connectivity index is 3.38. The SMILES string of the molecule is C=CCN1C(=C)N(C(C)(CC)CC(C)(C)CC)C(=O)N(CC=C)C1=O. The van der Waals surface area contributed by atoms with Gasteiger partial charge in [-0.3, -0.25) is 9.80 Å². The quantitative estimate of drug-likeness (QED) is 0.552. The zero-order chi connectivity index (χ0) is 19.4. The summed E-state index contributed by atoms with van der Waals surface area (Å²) >= 11 is 0. The summed E-state index contributed by atoms with van der Waals surface area (Å²) in [4.78, 5) is 30.2. The van der Waals surface area contributed by atoms with Crippen molar-refractivity contribution in [2.75, 3.05) is 13.1 Å². The van der Waals surface area contributed by atoms with Crippen molar-refractivity contribution in [2.24, 2.45) is 5.41 Å². The fourth-order valence-corrected chi connectivity index (χ4v) is 3.35. The predicted molar refractivity (Wildman–Crippen MR) is 103 cm³/mol. The van der Waals surface area contributed by atoms with Crippen molar-refractivity contribution in [1.82, 2.24) is 14.7 Å². The van der Waals surface area contributed by atoms with Gasteiger partial charge in [0.25, 0.3) is 0 Å². The lowest BCUT2D eigenvalue weighted by molar-refractivity contribution is 0.0470. The van der Waals surface area contributed by atoms with Gasteiger partial charge >= 0.3 is 12.1 Å². The maximum absolute atomic E-state index is 13.1. The summed E-state index contributed by atoms with van der Waals surface area (Å²) in [5, 5.41) is 0. The van der Waals surface area contributed by atoms with Crippen LogP contribution < -0.4 is 0 Å². The number of carbonyl (C=O) groups excluding carboxylic acids is 2. The molecule has 5 heteroatoms. The topological polar surface area (TPSA) is 43.9 Å². The van der Waals surface area contributed by atoms with E-state index in [0.717, 1.165) is 19.3 Å². The second-order valence-electron chi connectivity index (χ2n) is 7.66. The summed E-state index contributed by atoms with van der Waals surface area (Å²) in [7, 11) is 0. The lowest BCUT2D eigenvalue weighted by Crippen LogP contribution is -2.65. The number of imide groups is 1. The number of carbonyl (C=O) groups is 2. The molecule has 4 amide bonds. The molecule has 5 nitrogen and oxygen atoms in total. The van der Waals surface area contributed by atoms with E-state index in [-0.39, 0.29) is 24.0 Å². The van der Waals surface area contributed by atoms with Gasteiger partial charge in [0.1, 0.15) is 5.82 Å². The van der Waals surface area contributed by atoms with Crippen LogP contribution in [0.3, 0.4) is 0 Å². The lowest BCUT2D eigenvalue weighted by Gasteiger charge is -2.51. The standard InChI is InChI=1S/C20H33N3O2/c1-9-13-21-16(5)23(18(25)22(14-10-2)17(21)24)20(8,12-4)15-19(6,7)11-3/h9-10H,1-2,5,11-15H2,3-4,6-8H3. The van der Waals surface area contributed by atoms with Gasteiger partial charge in [-0.1, -0.05) is 52.8 Å². The van der Waals surface area contributed by atoms with Crippen LogP contribution in [0.4, 0.5) is 9.59 Å².